The highest BCUT2D eigenvalue weighted by atomic mass is 16.6. The molecule has 3 amide bonds. The number of hydrogen-bond acceptors (Lipinski definition) is 9. The van der Waals surface area contributed by atoms with Crippen molar-refractivity contribution in [3.63, 3.8) is 0 Å². The van der Waals surface area contributed by atoms with Gasteiger partial charge in [-0.2, -0.15) is 0 Å². The van der Waals surface area contributed by atoms with E-state index in [4.69, 9.17) is 9.47 Å². The fraction of sp³-hybridized carbons (Fsp3) is 0.455. The standard InChI is InChI=1S/C33H38N4O9/c1-29(2,3)45-27(41)35-16-21(19-12-8-10-14-22(19)35)31-17-32(43)25(39)34(7)33(44,18-38)26(40)37(32)24(31)36(28(42)46-30(4,5)6)23-15-11-9-13-20(23)31/h8-16,24,38,43-44H,17-18H2,1-7H3/t24-,31-,32-,33?/m1/s1. The van der Waals surface area contributed by atoms with Gasteiger partial charge < -0.3 is 29.7 Å². The molecule has 1 unspecified atom stereocenters. The molecular weight excluding hydrogens is 596 g/mol. The number of likely N-dealkylation sites (N-methyl/N-ethyl adjacent to an activating group) is 1. The summed E-state index contributed by atoms with van der Waals surface area (Å²) in [5, 5.41) is 34.4. The van der Waals surface area contributed by atoms with Crippen molar-refractivity contribution in [3.05, 3.63) is 65.9 Å². The molecule has 3 N–H and O–H groups in total. The Morgan fingerprint density at radius 1 is 0.870 bits per heavy atom. The van der Waals surface area contributed by atoms with Crippen LogP contribution in [-0.4, -0.2) is 96.2 Å². The lowest BCUT2D eigenvalue weighted by atomic mass is 9.71. The third-order valence-electron chi connectivity index (χ3n) is 8.85. The number of para-hydroxylation sites is 2. The van der Waals surface area contributed by atoms with Gasteiger partial charge >= 0.3 is 12.2 Å². The van der Waals surface area contributed by atoms with Gasteiger partial charge in [0.1, 0.15) is 24.0 Å². The Kier molecular flexibility index (Phi) is 6.70. The van der Waals surface area contributed by atoms with E-state index in [0.29, 0.717) is 32.6 Å². The van der Waals surface area contributed by atoms with Gasteiger partial charge in [0.05, 0.1) is 16.6 Å². The number of rotatable bonds is 2. The molecule has 0 spiro atoms. The maximum absolute atomic E-state index is 14.3. The summed E-state index contributed by atoms with van der Waals surface area (Å²) in [7, 11) is 1.11. The Balaban J connectivity index is 1.70. The lowest BCUT2D eigenvalue weighted by Gasteiger charge is -2.50. The van der Waals surface area contributed by atoms with Gasteiger partial charge in [0, 0.05) is 25.1 Å². The SMILES string of the molecule is CN1C(=O)[C@]2(O)C[C@]3(c4cn(C(=O)OC(C)(C)C)c5ccccc45)c4ccccc4N(C(=O)OC(C)(C)C)[C@@H]3N2C(=O)C1(O)CO. The minimum atomic E-state index is -2.74. The number of benzene rings is 2. The lowest BCUT2D eigenvalue weighted by Crippen LogP contribution is -2.77. The molecule has 2 saturated heterocycles. The van der Waals surface area contributed by atoms with E-state index < -0.39 is 71.3 Å². The van der Waals surface area contributed by atoms with E-state index in [-0.39, 0.29) is 0 Å². The van der Waals surface area contributed by atoms with Gasteiger partial charge in [0.15, 0.2) is 0 Å². The van der Waals surface area contributed by atoms with E-state index >= 15 is 0 Å². The highest BCUT2D eigenvalue weighted by Gasteiger charge is 2.76. The average molecular weight is 635 g/mol. The number of fused-ring (bicyclic) bond motifs is 6. The molecule has 0 aliphatic carbocycles. The van der Waals surface area contributed by atoms with Crippen molar-refractivity contribution in [2.75, 3.05) is 18.6 Å². The van der Waals surface area contributed by atoms with Crippen LogP contribution in [0.25, 0.3) is 10.9 Å². The summed E-state index contributed by atoms with van der Waals surface area (Å²) >= 11 is 0. The largest absolute Gasteiger partial charge is 0.443 e. The van der Waals surface area contributed by atoms with Gasteiger partial charge in [-0.05, 0) is 64.8 Å². The molecule has 1 aromatic heterocycles. The fourth-order valence-corrected chi connectivity index (χ4v) is 7.04. The van der Waals surface area contributed by atoms with Gasteiger partial charge in [-0.3, -0.25) is 24.0 Å². The maximum Gasteiger partial charge on any atom is 0.419 e. The molecule has 13 nitrogen and oxygen atoms in total. The van der Waals surface area contributed by atoms with Gasteiger partial charge in [-0.25, -0.2) is 9.59 Å². The number of carbonyl (C=O) groups excluding carboxylic acids is 4. The predicted octanol–water partition coefficient (Wildman–Crippen LogP) is 2.87. The number of hydrogen-bond donors (Lipinski definition) is 3. The number of aliphatic hydroxyl groups excluding tert-OH is 1. The molecule has 6 rings (SSSR count). The van der Waals surface area contributed by atoms with Crippen molar-refractivity contribution in [2.24, 2.45) is 0 Å². The predicted molar refractivity (Wildman–Crippen MR) is 165 cm³/mol. The molecule has 3 aromatic rings. The second-order valence-corrected chi connectivity index (χ2v) is 14.1. The van der Waals surface area contributed by atoms with Gasteiger partial charge in [0.2, 0.25) is 11.4 Å². The number of amides is 3. The number of carbonyl (C=O) groups is 4. The van der Waals surface area contributed by atoms with Crippen molar-refractivity contribution >= 4 is 40.6 Å². The smallest absolute Gasteiger partial charge is 0.419 e. The van der Waals surface area contributed by atoms with Crippen molar-refractivity contribution < 1.29 is 44.0 Å². The van der Waals surface area contributed by atoms with Crippen LogP contribution in [-0.2, 0) is 24.5 Å². The first-order valence-corrected chi connectivity index (χ1v) is 14.9. The Morgan fingerprint density at radius 3 is 2.09 bits per heavy atom. The Hall–Kier alpha value is -4.46. The normalized spacial score (nSPS) is 27.5. The van der Waals surface area contributed by atoms with Crippen molar-refractivity contribution in [3.8, 4) is 0 Å². The minimum Gasteiger partial charge on any atom is -0.443 e. The molecule has 0 radical (unpaired) electrons. The number of aromatic nitrogens is 1. The first-order valence-electron chi connectivity index (χ1n) is 14.9. The highest BCUT2D eigenvalue weighted by Crippen LogP contribution is 2.62. The van der Waals surface area contributed by atoms with Crippen LogP contribution in [0.15, 0.2) is 54.7 Å². The zero-order chi connectivity index (χ0) is 33.8. The molecule has 0 saturated carbocycles. The molecular formula is C33H38N4O9. The molecule has 2 aromatic carbocycles. The molecule has 244 valence electrons. The van der Waals surface area contributed by atoms with Crippen molar-refractivity contribution in [2.45, 2.75) is 82.2 Å². The number of piperazine rings is 1. The second kappa shape index (κ2) is 9.77. The lowest BCUT2D eigenvalue weighted by molar-refractivity contribution is -0.233. The molecule has 4 heterocycles. The summed E-state index contributed by atoms with van der Waals surface area (Å²) in [4.78, 5) is 58.6. The fourth-order valence-electron chi connectivity index (χ4n) is 7.04. The van der Waals surface area contributed by atoms with E-state index in [2.05, 4.69) is 0 Å². The second-order valence-electron chi connectivity index (χ2n) is 14.1. The summed E-state index contributed by atoms with van der Waals surface area (Å²) in [5.41, 5.74) is -7.02. The van der Waals surface area contributed by atoms with E-state index in [9.17, 15) is 34.5 Å². The number of anilines is 1. The summed E-state index contributed by atoms with van der Waals surface area (Å²) in [6.45, 7) is 9.06. The van der Waals surface area contributed by atoms with Gasteiger partial charge in [-0.1, -0.05) is 36.4 Å². The molecule has 3 aliphatic heterocycles. The Bertz CT molecular complexity index is 1810. The first kappa shape index (κ1) is 31.5. The monoisotopic (exact) mass is 634 g/mol. The zero-order valence-corrected chi connectivity index (χ0v) is 26.8. The summed E-state index contributed by atoms with van der Waals surface area (Å²) in [5.74, 6) is -2.25. The highest BCUT2D eigenvalue weighted by molar-refractivity contribution is 6.05. The average Bonchev–Trinajstić information content (AvgIpc) is 3.57. The van der Waals surface area contributed by atoms with E-state index in [1.165, 1.54) is 9.47 Å². The number of nitrogens with zero attached hydrogens (tertiary/aromatic N) is 4. The molecule has 46 heavy (non-hydrogen) atoms. The summed E-state index contributed by atoms with van der Waals surface area (Å²) in [6, 6.07) is 13.8. The van der Waals surface area contributed by atoms with Gasteiger partial charge in [0.25, 0.3) is 11.8 Å². The number of aliphatic hydroxyl groups is 3. The van der Waals surface area contributed by atoms with E-state index in [0.717, 1.165) is 11.9 Å². The van der Waals surface area contributed by atoms with Crippen LogP contribution in [0, 0.1) is 0 Å². The van der Waals surface area contributed by atoms with E-state index in [1.54, 1.807) is 96.3 Å². The zero-order valence-electron chi connectivity index (χ0n) is 26.8. The quantitative estimate of drug-likeness (QED) is 0.385. The van der Waals surface area contributed by atoms with Crippen LogP contribution in [0.1, 0.15) is 59.1 Å². The molecule has 0 bridgehead atoms. The van der Waals surface area contributed by atoms with Crippen LogP contribution in [0.4, 0.5) is 15.3 Å². The van der Waals surface area contributed by atoms with Crippen LogP contribution < -0.4 is 4.90 Å². The third-order valence-corrected chi connectivity index (χ3v) is 8.85. The molecule has 2 fully saturated rings. The number of ether oxygens (including phenoxy) is 2. The summed E-state index contributed by atoms with van der Waals surface area (Å²) in [6.07, 6.45) is -1.96. The topological polar surface area (TPSA) is 162 Å². The molecule has 4 atom stereocenters. The van der Waals surface area contributed by atoms with Crippen LogP contribution in [0.3, 0.4) is 0 Å². The Morgan fingerprint density at radius 2 is 1.46 bits per heavy atom. The van der Waals surface area contributed by atoms with E-state index in [1.807, 2.05) is 0 Å². The van der Waals surface area contributed by atoms with Crippen LogP contribution in [0.5, 0.6) is 0 Å². The maximum atomic E-state index is 14.3. The molecule has 13 heteroatoms. The molecule has 3 aliphatic rings. The third kappa shape index (κ3) is 4.18. The van der Waals surface area contributed by atoms with Crippen molar-refractivity contribution in [1.82, 2.24) is 14.4 Å². The Labute approximate surface area is 265 Å². The summed E-state index contributed by atoms with van der Waals surface area (Å²) < 4.78 is 12.8. The minimum absolute atomic E-state index is 0.338. The van der Waals surface area contributed by atoms with Crippen molar-refractivity contribution in [1.29, 1.82) is 0 Å². The van der Waals surface area contributed by atoms with Crippen LogP contribution >= 0.6 is 0 Å². The van der Waals surface area contributed by atoms with Gasteiger partial charge in [-0.15, -0.1) is 0 Å². The van der Waals surface area contributed by atoms with Crippen LogP contribution in [0.2, 0.25) is 0 Å². The first-order chi connectivity index (χ1) is 21.3.